The van der Waals surface area contributed by atoms with Gasteiger partial charge in [0.1, 0.15) is 0 Å². The van der Waals surface area contributed by atoms with Gasteiger partial charge in [0.2, 0.25) is 0 Å². The Morgan fingerprint density at radius 2 is 2.00 bits per heavy atom. The molecule has 3 heterocycles. The lowest BCUT2D eigenvalue weighted by Gasteiger charge is -2.39. The maximum absolute atomic E-state index is 11.8. The van der Waals surface area contributed by atoms with Crippen LogP contribution in [0.15, 0.2) is 23.3 Å². The first kappa shape index (κ1) is 12.6. The maximum Gasteiger partial charge on any atom is 0.258 e. The lowest BCUT2D eigenvalue weighted by atomic mass is 9.98. The lowest BCUT2D eigenvalue weighted by molar-refractivity contribution is 0.126. The number of aliphatic hydroxyl groups is 1. The molecule has 2 aliphatic rings. The number of benzene rings is 1. The summed E-state index contributed by atoms with van der Waals surface area (Å²) in [6.07, 6.45) is 4.96. The minimum atomic E-state index is -0.207. The van der Waals surface area contributed by atoms with Gasteiger partial charge in [0.25, 0.3) is 5.56 Å². The second-order valence-corrected chi connectivity index (χ2v) is 6.08. The third kappa shape index (κ3) is 1.90. The van der Waals surface area contributed by atoms with Gasteiger partial charge in [0, 0.05) is 12.1 Å². The predicted octanol–water partition coefficient (Wildman–Crippen LogP) is 0.997. The first-order valence-electron chi connectivity index (χ1n) is 7.37. The average Bonchev–Trinajstić information content (AvgIpc) is 2.71. The van der Waals surface area contributed by atoms with Gasteiger partial charge in [0.15, 0.2) is 0 Å². The van der Waals surface area contributed by atoms with Gasteiger partial charge < -0.3 is 20.7 Å². The van der Waals surface area contributed by atoms with E-state index >= 15 is 0 Å². The van der Waals surface area contributed by atoms with Crippen molar-refractivity contribution in [1.29, 1.82) is 0 Å². The van der Waals surface area contributed by atoms with Crippen molar-refractivity contribution in [2.75, 3.05) is 10.6 Å². The number of aromatic amines is 1. The number of piperidine rings is 1. The molecule has 0 amide bonds. The number of H-pyrrole nitrogens is 1. The highest BCUT2D eigenvalue weighted by Crippen LogP contribution is 2.42. The maximum atomic E-state index is 11.8. The molecule has 0 spiro atoms. The second-order valence-electron chi connectivity index (χ2n) is 6.08. The Morgan fingerprint density at radius 3 is 2.71 bits per heavy atom. The second kappa shape index (κ2) is 4.46. The summed E-state index contributed by atoms with van der Waals surface area (Å²) in [7, 11) is 0. The number of nitrogens with one attached hydrogen (secondary N) is 1. The Labute approximate surface area is 121 Å². The van der Waals surface area contributed by atoms with Crippen LogP contribution in [0, 0.1) is 0 Å². The van der Waals surface area contributed by atoms with E-state index in [1.165, 1.54) is 6.33 Å². The minimum absolute atomic E-state index is 0.171. The molecule has 1 aromatic heterocycles. The van der Waals surface area contributed by atoms with Crippen molar-refractivity contribution in [3.63, 3.8) is 0 Å². The molecule has 4 rings (SSSR count). The van der Waals surface area contributed by atoms with Gasteiger partial charge >= 0.3 is 0 Å². The van der Waals surface area contributed by atoms with Crippen molar-refractivity contribution in [2.45, 2.75) is 43.9 Å². The van der Waals surface area contributed by atoms with Crippen LogP contribution in [0.5, 0.6) is 0 Å². The molecule has 6 heteroatoms. The van der Waals surface area contributed by atoms with Crippen LogP contribution >= 0.6 is 0 Å². The molecule has 2 aliphatic heterocycles. The van der Waals surface area contributed by atoms with E-state index in [4.69, 9.17) is 5.73 Å². The summed E-state index contributed by atoms with van der Waals surface area (Å²) in [4.78, 5) is 20.9. The van der Waals surface area contributed by atoms with Gasteiger partial charge in [-0.25, -0.2) is 4.98 Å². The monoisotopic (exact) mass is 286 g/mol. The van der Waals surface area contributed by atoms with Crippen molar-refractivity contribution >= 4 is 22.3 Å². The van der Waals surface area contributed by atoms with Crippen LogP contribution in [0.3, 0.4) is 0 Å². The summed E-state index contributed by atoms with van der Waals surface area (Å²) in [5, 5.41) is 10.4. The summed E-state index contributed by atoms with van der Waals surface area (Å²) >= 11 is 0. The normalized spacial score (nSPS) is 28.2. The molecule has 1 aromatic carbocycles. The van der Waals surface area contributed by atoms with E-state index in [0.717, 1.165) is 31.4 Å². The molecule has 0 aliphatic carbocycles. The lowest BCUT2D eigenvalue weighted by Crippen LogP contribution is -2.45. The molecule has 2 saturated heterocycles. The Morgan fingerprint density at radius 1 is 1.29 bits per heavy atom. The van der Waals surface area contributed by atoms with Crippen molar-refractivity contribution in [1.82, 2.24) is 9.97 Å². The molecular weight excluding hydrogens is 268 g/mol. The standard InChI is InChI=1S/C15H18N4O2/c16-12-5-11-13(17-7-18-15(11)21)6-14(12)19-8-1-2-9(19)4-10(20)3-8/h5-10,20H,1-4,16H2,(H,17,18,21). The number of hydrogen-bond acceptors (Lipinski definition) is 5. The summed E-state index contributed by atoms with van der Waals surface area (Å²) in [6, 6.07) is 4.28. The smallest absolute Gasteiger partial charge is 0.258 e. The molecule has 0 radical (unpaired) electrons. The zero-order valence-corrected chi connectivity index (χ0v) is 11.6. The summed E-state index contributed by atoms with van der Waals surface area (Å²) in [5.41, 5.74) is 8.23. The van der Waals surface area contributed by atoms with Crippen LogP contribution in [-0.4, -0.2) is 33.3 Å². The van der Waals surface area contributed by atoms with Crippen LogP contribution in [0.25, 0.3) is 10.9 Å². The largest absolute Gasteiger partial charge is 0.397 e. The summed E-state index contributed by atoms with van der Waals surface area (Å²) in [6.45, 7) is 0. The van der Waals surface area contributed by atoms with Gasteiger partial charge in [-0.1, -0.05) is 0 Å². The molecule has 0 saturated carbocycles. The molecule has 2 atom stereocenters. The average molecular weight is 286 g/mol. The van der Waals surface area contributed by atoms with Crippen LogP contribution in [0.2, 0.25) is 0 Å². The van der Waals surface area contributed by atoms with E-state index in [1.807, 2.05) is 6.07 Å². The van der Waals surface area contributed by atoms with Crippen molar-refractivity contribution in [3.8, 4) is 0 Å². The van der Waals surface area contributed by atoms with Crippen LogP contribution in [-0.2, 0) is 0 Å². The van der Waals surface area contributed by atoms with E-state index in [2.05, 4.69) is 14.9 Å². The van der Waals surface area contributed by atoms with Crippen LogP contribution in [0.4, 0.5) is 11.4 Å². The summed E-state index contributed by atoms with van der Waals surface area (Å²) in [5.74, 6) is 0. The number of hydrogen-bond donors (Lipinski definition) is 3. The quantitative estimate of drug-likeness (QED) is 0.680. The van der Waals surface area contributed by atoms with E-state index in [-0.39, 0.29) is 11.7 Å². The molecule has 4 N–H and O–H groups in total. The van der Waals surface area contributed by atoms with Crippen LogP contribution < -0.4 is 16.2 Å². The number of rotatable bonds is 1. The van der Waals surface area contributed by atoms with Gasteiger partial charge in [0.05, 0.1) is 34.7 Å². The van der Waals surface area contributed by atoms with Crippen molar-refractivity contribution < 1.29 is 5.11 Å². The molecule has 6 nitrogen and oxygen atoms in total. The Bertz CT molecular complexity index is 743. The molecule has 2 bridgehead atoms. The highest BCUT2D eigenvalue weighted by atomic mass is 16.3. The molecule has 2 unspecified atom stereocenters. The Kier molecular flexibility index (Phi) is 2.68. The number of nitrogen functional groups attached to an aromatic ring is 1. The third-order valence-corrected chi connectivity index (χ3v) is 4.78. The molecule has 110 valence electrons. The third-order valence-electron chi connectivity index (χ3n) is 4.78. The Balaban J connectivity index is 1.84. The summed E-state index contributed by atoms with van der Waals surface area (Å²) < 4.78 is 0. The molecule has 21 heavy (non-hydrogen) atoms. The fourth-order valence-electron chi connectivity index (χ4n) is 3.89. The van der Waals surface area contributed by atoms with Gasteiger partial charge in [-0.3, -0.25) is 4.79 Å². The highest BCUT2D eigenvalue weighted by Gasteiger charge is 2.40. The molecule has 2 aromatic rings. The SMILES string of the molecule is Nc1cc2c(=O)[nH]cnc2cc1N1C2CCC1CC(O)C2. The first-order chi connectivity index (χ1) is 10.1. The number of nitrogens with zero attached hydrogens (tertiary/aromatic N) is 2. The van der Waals surface area contributed by atoms with Crippen molar-refractivity contribution in [3.05, 3.63) is 28.8 Å². The first-order valence-corrected chi connectivity index (χ1v) is 7.37. The van der Waals surface area contributed by atoms with E-state index in [9.17, 15) is 9.90 Å². The van der Waals surface area contributed by atoms with Gasteiger partial charge in [-0.05, 0) is 37.8 Å². The van der Waals surface area contributed by atoms with E-state index in [0.29, 0.717) is 28.7 Å². The van der Waals surface area contributed by atoms with Crippen LogP contribution in [0.1, 0.15) is 25.7 Å². The van der Waals surface area contributed by atoms with Gasteiger partial charge in [-0.15, -0.1) is 0 Å². The van der Waals surface area contributed by atoms with E-state index < -0.39 is 0 Å². The fraction of sp³-hybridized carbons (Fsp3) is 0.467. The van der Waals surface area contributed by atoms with E-state index in [1.54, 1.807) is 6.07 Å². The topological polar surface area (TPSA) is 95.2 Å². The number of fused-ring (bicyclic) bond motifs is 3. The minimum Gasteiger partial charge on any atom is -0.397 e. The van der Waals surface area contributed by atoms with Gasteiger partial charge in [-0.2, -0.15) is 0 Å². The zero-order valence-electron chi connectivity index (χ0n) is 11.6. The fourth-order valence-corrected chi connectivity index (χ4v) is 3.89. The molecular formula is C15H18N4O2. The van der Waals surface area contributed by atoms with Crippen molar-refractivity contribution in [2.24, 2.45) is 0 Å². The number of aliphatic hydroxyl groups excluding tert-OH is 1. The molecule has 2 fully saturated rings. The highest BCUT2D eigenvalue weighted by molar-refractivity contribution is 5.88. The zero-order chi connectivity index (χ0) is 14.6. The number of nitrogens with two attached hydrogens (primary N) is 1. The Hall–Kier alpha value is -2.08. The number of aromatic nitrogens is 2. The predicted molar refractivity (Wildman–Crippen MR) is 81.3 cm³/mol. The number of anilines is 2.